The molecule has 2 N–H and O–H groups in total. The van der Waals surface area contributed by atoms with E-state index >= 15 is 0 Å². The number of likely N-dealkylation sites (N-methyl/N-ethyl adjacent to an activating group) is 1. The maximum Gasteiger partial charge on any atom is 0.408 e. The van der Waals surface area contributed by atoms with Crippen molar-refractivity contribution in [3.8, 4) is 0 Å². The van der Waals surface area contributed by atoms with Crippen LogP contribution in [0.25, 0.3) is 0 Å². The molecule has 1 aromatic carbocycles. The van der Waals surface area contributed by atoms with E-state index in [0.717, 1.165) is 24.0 Å². The van der Waals surface area contributed by atoms with Crippen LogP contribution in [0, 0.1) is 6.92 Å². The Bertz CT molecular complexity index is 740. The highest BCUT2D eigenvalue weighted by molar-refractivity contribution is 5.92. The number of benzene rings is 1. The van der Waals surface area contributed by atoms with Gasteiger partial charge in [0.25, 0.3) is 0 Å². The fourth-order valence-corrected chi connectivity index (χ4v) is 3.31. The largest absolute Gasteiger partial charge is 0.444 e. The van der Waals surface area contributed by atoms with Gasteiger partial charge in [0.05, 0.1) is 0 Å². The van der Waals surface area contributed by atoms with Gasteiger partial charge in [0.2, 0.25) is 11.8 Å². The van der Waals surface area contributed by atoms with Gasteiger partial charge in [-0.2, -0.15) is 0 Å². The molecule has 0 spiro atoms. The van der Waals surface area contributed by atoms with E-state index in [4.69, 9.17) is 4.74 Å². The third kappa shape index (κ3) is 8.59. The van der Waals surface area contributed by atoms with Crippen molar-refractivity contribution >= 4 is 17.9 Å². The minimum Gasteiger partial charge on any atom is -0.444 e. The maximum atomic E-state index is 13.2. The Morgan fingerprint density at radius 3 is 2.10 bits per heavy atom. The first-order valence-corrected chi connectivity index (χ1v) is 11.1. The minimum absolute atomic E-state index is 0.00318. The van der Waals surface area contributed by atoms with Crippen LogP contribution in [0.3, 0.4) is 0 Å². The van der Waals surface area contributed by atoms with Crippen LogP contribution in [0.15, 0.2) is 24.3 Å². The van der Waals surface area contributed by atoms with Crippen molar-refractivity contribution in [2.24, 2.45) is 0 Å². The van der Waals surface area contributed by atoms with Crippen molar-refractivity contribution < 1.29 is 19.1 Å². The molecule has 0 aliphatic heterocycles. The molecule has 0 heterocycles. The summed E-state index contributed by atoms with van der Waals surface area (Å²) in [7, 11) is 0. The number of hydrogen-bond donors (Lipinski definition) is 2. The van der Waals surface area contributed by atoms with Crippen molar-refractivity contribution in [1.29, 1.82) is 0 Å². The van der Waals surface area contributed by atoms with Gasteiger partial charge < -0.3 is 20.3 Å². The Labute approximate surface area is 186 Å². The quantitative estimate of drug-likeness (QED) is 0.614. The van der Waals surface area contributed by atoms with Crippen LogP contribution < -0.4 is 10.6 Å². The molecule has 7 nitrogen and oxygen atoms in total. The van der Waals surface area contributed by atoms with E-state index in [-0.39, 0.29) is 17.9 Å². The SMILES string of the molecule is CCCC(C)NC(=O)C(c1ccc(C)cc1)N(CC)C(=O)C(C)NC(=O)OC(C)(C)C. The smallest absolute Gasteiger partial charge is 0.408 e. The number of nitrogens with one attached hydrogen (secondary N) is 2. The molecule has 0 radical (unpaired) electrons. The molecule has 0 aliphatic rings. The highest BCUT2D eigenvalue weighted by atomic mass is 16.6. The lowest BCUT2D eigenvalue weighted by molar-refractivity contribution is -0.142. The van der Waals surface area contributed by atoms with Crippen LogP contribution in [0.5, 0.6) is 0 Å². The van der Waals surface area contributed by atoms with Crippen LogP contribution >= 0.6 is 0 Å². The van der Waals surface area contributed by atoms with E-state index in [9.17, 15) is 14.4 Å². The van der Waals surface area contributed by atoms with E-state index in [1.807, 2.05) is 45.0 Å². The summed E-state index contributed by atoms with van der Waals surface area (Å²) < 4.78 is 5.26. The average Bonchev–Trinajstić information content (AvgIpc) is 2.64. The zero-order chi connectivity index (χ0) is 23.8. The summed E-state index contributed by atoms with van der Waals surface area (Å²) in [5, 5.41) is 5.61. The predicted octanol–water partition coefficient (Wildman–Crippen LogP) is 4.10. The van der Waals surface area contributed by atoms with Crippen molar-refractivity contribution in [2.75, 3.05) is 6.54 Å². The van der Waals surface area contributed by atoms with Gasteiger partial charge in [-0.05, 0) is 60.5 Å². The second-order valence-corrected chi connectivity index (χ2v) is 9.00. The summed E-state index contributed by atoms with van der Waals surface area (Å²) in [5.74, 6) is -0.582. The normalized spacial score (nSPS) is 14.2. The molecular formula is C24H39N3O4. The van der Waals surface area contributed by atoms with Gasteiger partial charge in [-0.15, -0.1) is 0 Å². The third-order valence-electron chi connectivity index (χ3n) is 4.79. The van der Waals surface area contributed by atoms with E-state index in [1.165, 1.54) is 4.90 Å². The van der Waals surface area contributed by atoms with Crippen LogP contribution in [0.4, 0.5) is 4.79 Å². The third-order valence-corrected chi connectivity index (χ3v) is 4.79. The maximum absolute atomic E-state index is 13.2. The average molecular weight is 434 g/mol. The second-order valence-electron chi connectivity index (χ2n) is 9.00. The Morgan fingerprint density at radius 2 is 1.61 bits per heavy atom. The number of carbonyl (C=O) groups excluding carboxylic acids is 3. The molecule has 0 saturated heterocycles. The Hall–Kier alpha value is -2.57. The van der Waals surface area contributed by atoms with Gasteiger partial charge in [0.1, 0.15) is 17.7 Å². The zero-order valence-electron chi connectivity index (χ0n) is 20.2. The molecule has 7 heteroatoms. The van der Waals surface area contributed by atoms with Gasteiger partial charge in [-0.3, -0.25) is 9.59 Å². The standard InChI is InChI=1S/C24H39N3O4/c1-9-11-17(4)25-21(28)20(19-14-12-16(3)13-15-19)27(10-2)22(29)18(5)26-23(30)31-24(6,7)8/h12-15,17-18,20H,9-11H2,1-8H3,(H,25,28)(H,26,30). The van der Waals surface area contributed by atoms with Crippen molar-refractivity contribution in [2.45, 2.75) is 92.0 Å². The summed E-state index contributed by atoms with van der Waals surface area (Å²) in [6.45, 7) is 15.0. The molecule has 3 atom stereocenters. The monoisotopic (exact) mass is 433 g/mol. The number of ether oxygens (including phenoxy) is 1. The van der Waals surface area contributed by atoms with Crippen LogP contribution in [0.1, 0.15) is 78.5 Å². The molecule has 31 heavy (non-hydrogen) atoms. The first kappa shape index (κ1) is 26.5. The van der Waals surface area contributed by atoms with Crippen molar-refractivity contribution in [3.63, 3.8) is 0 Å². The fraction of sp³-hybridized carbons (Fsp3) is 0.625. The topological polar surface area (TPSA) is 87.7 Å². The van der Waals surface area contributed by atoms with E-state index < -0.39 is 23.8 Å². The molecule has 0 saturated carbocycles. The molecule has 174 valence electrons. The summed E-state index contributed by atoms with van der Waals surface area (Å²) in [6.07, 6.45) is 1.13. The van der Waals surface area contributed by atoms with Crippen LogP contribution in [-0.4, -0.2) is 47.0 Å². The second kappa shape index (κ2) is 11.7. The van der Waals surface area contributed by atoms with Gasteiger partial charge in [0, 0.05) is 12.6 Å². The molecule has 3 amide bonds. The van der Waals surface area contributed by atoms with Gasteiger partial charge in [-0.1, -0.05) is 43.2 Å². The summed E-state index contributed by atoms with van der Waals surface area (Å²) in [4.78, 5) is 40.1. The number of rotatable bonds is 9. The van der Waals surface area contributed by atoms with E-state index in [0.29, 0.717) is 6.54 Å². The summed E-state index contributed by atoms with van der Waals surface area (Å²) in [6, 6.07) is 5.94. The lowest BCUT2D eigenvalue weighted by Crippen LogP contribution is -2.52. The Balaban J connectivity index is 3.14. The highest BCUT2D eigenvalue weighted by Gasteiger charge is 2.34. The number of carbonyl (C=O) groups is 3. The first-order chi connectivity index (χ1) is 14.4. The van der Waals surface area contributed by atoms with Crippen LogP contribution in [0.2, 0.25) is 0 Å². The van der Waals surface area contributed by atoms with Crippen molar-refractivity contribution in [1.82, 2.24) is 15.5 Å². The number of alkyl carbamates (subject to hydrolysis) is 1. The lowest BCUT2D eigenvalue weighted by atomic mass is 10.0. The highest BCUT2D eigenvalue weighted by Crippen LogP contribution is 2.23. The van der Waals surface area contributed by atoms with Crippen molar-refractivity contribution in [3.05, 3.63) is 35.4 Å². The molecule has 0 bridgehead atoms. The number of amides is 3. The minimum atomic E-state index is -0.844. The number of nitrogens with zero attached hydrogens (tertiary/aromatic N) is 1. The van der Waals surface area contributed by atoms with Gasteiger partial charge in [0.15, 0.2) is 0 Å². The molecule has 1 rings (SSSR count). The van der Waals surface area contributed by atoms with E-state index in [1.54, 1.807) is 27.7 Å². The molecule has 0 fully saturated rings. The first-order valence-electron chi connectivity index (χ1n) is 11.1. The molecule has 3 unspecified atom stereocenters. The zero-order valence-corrected chi connectivity index (χ0v) is 20.2. The lowest BCUT2D eigenvalue weighted by Gasteiger charge is -2.33. The molecule has 1 aromatic rings. The van der Waals surface area contributed by atoms with E-state index in [2.05, 4.69) is 17.6 Å². The molecule has 0 aromatic heterocycles. The van der Waals surface area contributed by atoms with Gasteiger partial charge >= 0.3 is 6.09 Å². The predicted molar refractivity (Wildman–Crippen MR) is 123 cm³/mol. The summed E-state index contributed by atoms with van der Waals surface area (Å²) in [5.41, 5.74) is 1.12. The summed E-state index contributed by atoms with van der Waals surface area (Å²) >= 11 is 0. The molecular weight excluding hydrogens is 394 g/mol. The Morgan fingerprint density at radius 1 is 1.03 bits per heavy atom. The number of aryl methyl sites for hydroxylation is 1. The number of hydrogen-bond acceptors (Lipinski definition) is 4. The molecule has 0 aliphatic carbocycles. The van der Waals surface area contributed by atoms with Gasteiger partial charge in [-0.25, -0.2) is 4.79 Å². The Kier molecular flexibility index (Phi) is 10.0. The fourth-order valence-electron chi connectivity index (χ4n) is 3.31. The van der Waals surface area contributed by atoms with Crippen LogP contribution in [-0.2, 0) is 14.3 Å².